The molecule has 0 amide bonds. The van der Waals surface area contributed by atoms with Gasteiger partial charge in [-0.1, -0.05) is 0 Å². The van der Waals surface area contributed by atoms with Gasteiger partial charge in [0, 0.05) is 36.1 Å². The quantitative estimate of drug-likeness (QED) is 0.898. The summed E-state index contributed by atoms with van der Waals surface area (Å²) < 4.78 is 7.80. The number of nitrogens with two attached hydrogens (primary N) is 1. The zero-order chi connectivity index (χ0) is 12.8. The van der Waals surface area contributed by atoms with Crippen LogP contribution in [0.1, 0.15) is 25.3 Å². The van der Waals surface area contributed by atoms with Crippen molar-refractivity contribution in [2.45, 2.75) is 25.2 Å². The predicted molar refractivity (Wildman–Crippen MR) is 74.1 cm³/mol. The number of hydrogen-bond acceptors (Lipinski definition) is 2. The van der Waals surface area contributed by atoms with Gasteiger partial charge in [-0.05, 0) is 43.5 Å². The van der Waals surface area contributed by atoms with Crippen LogP contribution in [0.3, 0.4) is 0 Å². The Hall–Kier alpha value is -1.48. The van der Waals surface area contributed by atoms with Crippen molar-refractivity contribution < 1.29 is 4.74 Å². The van der Waals surface area contributed by atoms with Gasteiger partial charge in [-0.2, -0.15) is 0 Å². The van der Waals surface area contributed by atoms with Gasteiger partial charge in [0.25, 0.3) is 0 Å². The van der Waals surface area contributed by atoms with Crippen molar-refractivity contribution in [3.8, 4) is 5.75 Å². The maximum absolute atomic E-state index is 5.96. The number of nitrogens with zero attached hydrogens (tertiary/aromatic N) is 1. The summed E-state index contributed by atoms with van der Waals surface area (Å²) in [6, 6.07) is 6.33. The van der Waals surface area contributed by atoms with E-state index in [1.165, 1.54) is 29.3 Å². The van der Waals surface area contributed by atoms with Crippen molar-refractivity contribution in [2.75, 3.05) is 13.2 Å². The fourth-order valence-electron chi connectivity index (χ4n) is 2.78. The third-order valence-corrected chi connectivity index (χ3v) is 4.09. The number of ether oxygens (including phenoxy) is 1. The van der Waals surface area contributed by atoms with Crippen LogP contribution in [0.15, 0.2) is 24.4 Å². The van der Waals surface area contributed by atoms with Crippen molar-refractivity contribution >= 4 is 10.9 Å². The van der Waals surface area contributed by atoms with Crippen LogP contribution in [-0.2, 0) is 12.5 Å². The van der Waals surface area contributed by atoms with Crippen LogP contribution in [0.25, 0.3) is 10.9 Å². The largest absolute Gasteiger partial charge is 0.494 e. The minimum Gasteiger partial charge on any atom is -0.494 e. The first kappa shape index (κ1) is 11.6. The molecule has 0 saturated heterocycles. The molecule has 2 aromatic rings. The lowest BCUT2D eigenvalue weighted by molar-refractivity contribution is 0.340. The summed E-state index contributed by atoms with van der Waals surface area (Å²) in [5, 5.41) is 1.30. The normalized spacial score (nSPS) is 17.1. The van der Waals surface area contributed by atoms with E-state index in [2.05, 4.69) is 29.9 Å². The molecule has 1 aliphatic carbocycles. The average molecular weight is 244 g/mol. The van der Waals surface area contributed by atoms with Crippen molar-refractivity contribution in [3.05, 3.63) is 30.0 Å². The first-order valence-corrected chi connectivity index (χ1v) is 6.62. The Bertz CT molecular complexity index is 581. The maximum atomic E-state index is 5.96. The molecule has 0 spiro atoms. The molecular formula is C15H20N2O. The molecule has 2 N–H and O–H groups in total. The molecule has 0 aliphatic heterocycles. The number of rotatable bonds is 4. The molecule has 96 valence electrons. The average Bonchev–Trinajstić information content (AvgIpc) is 3.11. The molecule has 0 unspecified atom stereocenters. The maximum Gasteiger partial charge on any atom is 0.120 e. The Kier molecular flexibility index (Phi) is 2.59. The van der Waals surface area contributed by atoms with E-state index < -0.39 is 0 Å². The number of fused-ring (bicyclic) bond motifs is 1. The van der Waals surface area contributed by atoms with Gasteiger partial charge in [-0.15, -0.1) is 0 Å². The highest BCUT2D eigenvalue weighted by molar-refractivity contribution is 5.87. The molecule has 1 aliphatic rings. The van der Waals surface area contributed by atoms with Crippen LogP contribution in [0.2, 0.25) is 0 Å². The second-order valence-corrected chi connectivity index (χ2v) is 5.25. The second kappa shape index (κ2) is 4.02. The predicted octanol–water partition coefficient (Wildman–Crippen LogP) is 2.57. The fourth-order valence-corrected chi connectivity index (χ4v) is 2.78. The molecule has 3 rings (SSSR count). The van der Waals surface area contributed by atoms with Crippen molar-refractivity contribution in [1.29, 1.82) is 0 Å². The highest BCUT2D eigenvalue weighted by Gasteiger charge is 2.44. The third kappa shape index (κ3) is 1.62. The van der Waals surface area contributed by atoms with Crippen LogP contribution in [0, 0.1) is 0 Å². The molecule has 1 saturated carbocycles. The van der Waals surface area contributed by atoms with Gasteiger partial charge in [-0.25, -0.2) is 0 Å². The lowest BCUT2D eigenvalue weighted by Gasteiger charge is -2.11. The SMILES string of the molecule is CCOc1ccc2c(c1)c(C1(CN)CC1)cn2C. The molecule has 1 aromatic carbocycles. The van der Waals surface area contributed by atoms with E-state index in [1.807, 2.05) is 13.0 Å². The number of hydrogen-bond donors (Lipinski definition) is 1. The topological polar surface area (TPSA) is 40.2 Å². The zero-order valence-electron chi connectivity index (χ0n) is 11.1. The Labute approximate surface area is 108 Å². The van der Waals surface area contributed by atoms with Gasteiger partial charge in [0.05, 0.1) is 6.61 Å². The monoisotopic (exact) mass is 244 g/mol. The van der Waals surface area contributed by atoms with Crippen LogP contribution in [0.4, 0.5) is 0 Å². The summed E-state index contributed by atoms with van der Waals surface area (Å²) in [5.41, 5.74) is 8.83. The van der Waals surface area contributed by atoms with Gasteiger partial charge in [0.15, 0.2) is 0 Å². The van der Waals surface area contributed by atoms with Gasteiger partial charge in [0.1, 0.15) is 5.75 Å². The Morgan fingerprint density at radius 2 is 2.17 bits per heavy atom. The van der Waals surface area contributed by atoms with Gasteiger partial charge in [-0.3, -0.25) is 0 Å². The molecule has 0 radical (unpaired) electrons. The van der Waals surface area contributed by atoms with Gasteiger partial charge >= 0.3 is 0 Å². The summed E-state index contributed by atoms with van der Waals surface area (Å²) in [7, 11) is 2.10. The lowest BCUT2D eigenvalue weighted by atomic mass is 9.96. The molecule has 1 heterocycles. The first-order valence-electron chi connectivity index (χ1n) is 6.62. The van der Waals surface area contributed by atoms with Crippen LogP contribution in [0.5, 0.6) is 5.75 Å². The zero-order valence-corrected chi connectivity index (χ0v) is 11.1. The number of aryl methyl sites for hydroxylation is 1. The number of benzene rings is 1. The van der Waals surface area contributed by atoms with E-state index in [-0.39, 0.29) is 5.41 Å². The molecule has 3 nitrogen and oxygen atoms in total. The Morgan fingerprint density at radius 1 is 1.39 bits per heavy atom. The summed E-state index contributed by atoms with van der Waals surface area (Å²) >= 11 is 0. The smallest absolute Gasteiger partial charge is 0.120 e. The molecule has 3 heteroatoms. The Balaban J connectivity index is 2.16. The summed E-state index contributed by atoms with van der Waals surface area (Å²) in [5.74, 6) is 0.949. The summed E-state index contributed by atoms with van der Waals surface area (Å²) in [6.07, 6.45) is 4.66. The number of aromatic nitrogens is 1. The third-order valence-electron chi connectivity index (χ3n) is 4.09. The molecule has 18 heavy (non-hydrogen) atoms. The van der Waals surface area contributed by atoms with Gasteiger partial charge < -0.3 is 15.0 Å². The van der Waals surface area contributed by atoms with Crippen molar-refractivity contribution in [2.24, 2.45) is 12.8 Å². The van der Waals surface area contributed by atoms with E-state index in [9.17, 15) is 0 Å². The molecule has 0 bridgehead atoms. The molecule has 1 fully saturated rings. The van der Waals surface area contributed by atoms with E-state index in [1.54, 1.807) is 0 Å². The molecule has 0 atom stereocenters. The second-order valence-electron chi connectivity index (χ2n) is 5.25. The first-order chi connectivity index (χ1) is 8.70. The van der Waals surface area contributed by atoms with E-state index in [0.29, 0.717) is 6.61 Å². The van der Waals surface area contributed by atoms with Gasteiger partial charge in [0.2, 0.25) is 0 Å². The summed E-state index contributed by atoms with van der Waals surface area (Å²) in [4.78, 5) is 0. The van der Waals surface area contributed by atoms with E-state index in [0.717, 1.165) is 12.3 Å². The van der Waals surface area contributed by atoms with Crippen molar-refractivity contribution in [3.63, 3.8) is 0 Å². The molecular weight excluding hydrogens is 224 g/mol. The molecule has 1 aromatic heterocycles. The van der Waals surface area contributed by atoms with Crippen molar-refractivity contribution in [1.82, 2.24) is 4.57 Å². The summed E-state index contributed by atoms with van der Waals surface area (Å²) in [6.45, 7) is 3.46. The van der Waals surface area contributed by atoms with E-state index in [4.69, 9.17) is 10.5 Å². The standard InChI is InChI=1S/C15H20N2O/c1-3-18-11-4-5-14-12(8-11)13(9-17(14)2)15(10-16)6-7-15/h4-5,8-9H,3,6-7,10,16H2,1-2H3. The lowest BCUT2D eigenvalue weighted by Crippen LogP contribution is -2.19. The fraction of sp³-hybridized carbons (Fsp3) is 0.467. The van der Waals surface area contributed by atoms with Crippen LogP contribution >= 0.6 is 0 Å². The highest BCUT2D eigenvalue weighted by Crippen LogP contribution is 2.50. The highest BCUT2D eigenvalue weighted by atomic mass is 16.5. The van der Waals surface area contributed by atoms with Crippen LogP contribution in [-0.4, -0.2) is 17.7 Å². The van der Waals surface area contributed by atoms with Crippen LogP contribution < -0.4 is 10.5 Å². The minimum absolute atomic E-state index is 0.227. The minimum atomic E-state index is 0.227. The van der Waals surface area contributed by atoms with E-state index >= 15 is 0 Å². The Morgan fingerprint density at radius 3 is 2.78 bits per heavy atom.